The van der Waals surface area contributed by atoms with Gasteiger partial charge in [-0.05, 0) is 36.3 Å². The van der Waals surface area contributed by atoms with Crippen LogP contribution >= 0.6 is 0 Å². The van der Waals surface area contributed by atoms with E-state index in [-0.39, 0.29) is 17.9 Å². The second kappa shape index (κ2) is 5.96. The minimum absolute atomic E-state index is 0.0384. The molecule has 0 unspecified atom stereocenters. The number of hydrogen-bond acceptors (Lipinski definition) is 4. The van der Waals surface area contributed by atoms with Crippen LogP contribution in [-0.4, -0.2) is 49.6 Å². The second-order valence-electron chi connectivity index (χ2n) is 6.33. The molecule has 22 heavy (non-hydrogen) atoms. The molecule has 2 fully saturated rings. The van der Waals surface area contributed by atoms with Gasteiger partial charge in [-0.15, -0.1) is 0 Å². The van der Waals surface area contributed by atoms with Crippen molar-refractivity contribution in [1.82, 2.24) is 14.6 Å². The highest BCUT2D eigenvalue weighted by Gasteiger charge is 2.44. The van der Waals surface area contributed by atoms with E-state index >= 15 is 0 Å². The minimum atomic E-state index is -3.25. The standard InChI is InChI=1S/C15H21N3O3S/c1-22(20,21)17-14-10-18(9-13(14)12-4-5-12)15(19)7-11-3-2-6-16-8-11/h2-3,6,8,12-14,17H,4-5,7,9-10H2,1H3/t13-,14+/m1/s1. The van der Waals surface area contributed by atoms with Crippen LogP contribution in [0, 0.1) is 11.8 Å². The molecule has 2 heterocycles. The number of carbonyl (C=O) groups is 1. The zero-order valence-electron chi connectivity index (χ0n) is 12.6. The fraction of sp³-hybridized carbons (Fsp3) is 0.600. The van der Waals surface area contributed by atoms with Gasteiger partial charge in [-0.2, -0.15) is 0 Å². The lowest BCUT2D eigenvalue weighted by molar-refractivity contribution is -0.129. The van der Waals surface area contributed by atoms with Gasteiger partial charge in [-0.1, -0.05) is 6.07 Å². The first-order valence-corrected chi connectivity index (χ1v) is 9.45. The number of nitrogens with one attached hydrogen (secondary N) is 1. The van der Waals surface area contributed by atoms with Gasteiger partial charge in [-0.25, -0.2) is 13.1 Å². The third-order valence-electron chi connectivity index (χ3n) is 4.39. The van der Waals surface area contributed by atoms with Gasteiger partial charge < -0.3 is 4.90 Å². The minimum Gasteiger partial charge on any atom is -0.340 e. The van der Waals surface area contributed by atoms with Crippen LogP contribution < -0.4 is 4.72 Å². The van der Waals surface area contributed by atoms with E-state index < -0.39 is 10.0 Å². The van der Waals surface area contributed by atoms with E-state index in [1.54, 1.807) is 17.3 Å². The molecule has 120 valence electrons. The molecule has 1 saturated carbocycles. The third-order valence-corrected chi connectivity index (χ3v) is 5.12. The molecule has 6 nitrogen and oxygen atoms in total. The average molecular weight is 323 g/mol. The molecule has 1 aromatic rings. The van der Waals surface area contributed by atoms with Crippen molar-refractivity contribution in [3.05, 3.63) is 30.1 Å². The molecule has 0 spiro atoms. The lowest BCUT2D eigenvalue weighted by Crippen LogP contribution is -2.41. The first-order valence-electron chi connectivity index (χ1n) is 7.56. The lowest BCUT2D eigenvalue weighted by Gasteiger charge is -2.17. The van der Waals surface area contributed by atoms with Gasteiger partial charge in [0.25, 0.3) is 0 Å². The smallest absolute Gasteiger partial charge is 0.227 e. The molecular weight excluding hydrogens is 302 g/mol. The molecule has 3 rings (SSSR count). The Hall–Kier alpha value is -1.47. The Balaban J connectivity index is 1.66. The molecule has 1 aliphatic carbocycles. The number of hydrogen-bond donors (Lipinski definition) is 1. The van der Waals surface area contributed by atoms with Crippen molar-refractivity contribution < 1.29 is 13.2 Å². The maximum Gasteiger partial charge on any atom is 0.227 e. The van der Waals surface area contributed by atoms with Crippen LogP contribution in [0.5, 0.6) is 0 Å². The molecule has 1 saturated heterocycles. The van der Waals surface area contributed by atoms with Crippen molar-refractivity contribution in [2.24, 2.45) is 11.8 Å². The largest absolute Gasteiger partial charge is 0.340 e. The van der Waals surface area contributed by atoms with Crippen molar-refractivity contribution in [3.63, 3.8) is 0 Å². The number of sulfonamides is 1. The summed E-state index contributed by atoms with van der Waals surface area (Å²) in [5, 5.41) is 0. The van der Waals surface area contributed by atoms with Gasteiger partial charge in [0.2, 0.25) is 15.9 Å². The molecule has 7 heteroatoms. The van der Waals surface area contributed by atoms with E-state index in [2.05, 4.69) is 9.71 Å². The quantitative estimate of drug-likeness (QED) is 0.851. The molecule has 2 aliphatic rings. The average Bonchev–Trinajstić information content (AvgIpc) is 3.20. The summed E-state index contributed by atoms with van der Waals surface area (Å²) >= 11 is 0. The van der Waals surface area contributed by atoms with Crippen LogP contribution in [0.4, 0.5) is 0 Å². The molecule has 1 amide bonds. The van der Waals surface area contributed by atoms with Crippen molar-refractivity contribution in [2.75, 3.05) is 19.3 Å². The van der Waals surface area contributed by atoms with Crippen molar-refractivity contribution in [1.29, 1.82) is 0 Å². The summed E-state index contributed by atoms with van der Waals surface area (Å²) < 4.78 is 25.7. The third kappa shape index (κ3) is 3.84. The van der Waals surface area contributed by atoms with E-state index in [4.69, 9.17) is 0 Å². The Labute approximate surface area is 131 Å². The summed E-state index contributed by atoms with van der Waals surface area (Å²) in [6.07, 6.45) is 7.14. The van der Waals surface area contributed by atoms with Crippen LogP contribution in [0.15, 0.2) is 24.5 Å². The van der Waals surface area contributed by atoms with Gasteiger partial charge in [0, 0.05) is 31.5 Å². The summed E-state index contributed by atoms with van der Waals surface area (Å²) in [7, 11) is -3.25. The van der Waals surface area contributed by atoms with Crippen LogP contribution in [0.2, 0.25) is 0 Å². The number of aromatic nitrogens is 1. The summed E-state index contributed by atoms with van der Waals surface area (Å²) in [6, 6.07) is 3.54. The molecule has 2 atom stereocenters. The van der Waals surface area contributed by atoms with Gasteiger partial charge in [0.1, 0.15) is 0 Å². The van der Waals surface area contributed by atoms with Gasteiger partial charge in [-0.3, -0.25) is 9.78 Å². The van der Waals surface area contributed by atoms with Gasteiger partial charge in [0.05, 0.1) is 12.7 Å². The Kier molecular flexibility index (Phi) is 4.18. The SMILES string of the molecule is CS(=O)(=O)N[C@H]1CN(C(=O)Cc2cccnc2)C[C@@H]1C1CC1. The zero-order valence-corrected chi connectivity index (χ0v) is 13.4. The number of rotatable bonds is 5. The van der Waals surface area contributed by atoms with Gasteiger partial charge >= 0.3 is 0 Å². The van der Waals surface area contributed by atoms with Crippen LogP contribution in [0.3, 0.4) is 0 Å². The normalized spacial score (nSPS) is 25.4. The van der Waals surface area contributed by atoms with Crippen LogP contribution in [0.25, 0.3) is 0 Å². The second-order valence-corrected chi connectivity index (χ2v) is 8.11. The van der Waals surface area contributed by atoms with E-state index in [0.717, 1.165) is 18.4 Å². The maximum atomic E-state index is 12.4. The topological polar surface area (TPSA) is 79.4 Å². The van der Waals surface area contributed by atoms with Crippen molar-refractivity contribution in [2.45, 2.75) is 25.3 Å². The lowest BCUT2D eigenvalue weighted by atomic mass is 9.99. The van der Waals surface area contributed by atoms with Crippen LogP contribution in [-0.2, 0) is 21.2 Å². The number of likely N-dealkylation sites (tertiary alicyclic amines) is 1. The van der Waals surface area contributed by atoms with E-state index in [0.29, 0.717) is 25.4 Å². The first kappa shape index (κ1) is 15.4. The zero-order chi connectivity index (χ0) is 15.7. The molecule has 0 aromatic carbocycles. The maximum absolute atomic E-state index is 12.4. The van der Waals surface area contributed by atoms with Gasteiger partial charge in [0.15, 0.2) is 0 Å². The molecule has 1 N–H and O–H groups in total. The summed E-state index contributed by atoms with van der Waals surface area (Å²) in [5.74, 6) is 0.833. The van der Waals surface area contributed by atoms with Crippen molar-refractivity contribution in [3.8, 4) is 0 Å². The number of pyridine rings is 1. The Morgan fingerprint density at radius 1 is 1.41 bits per heavy atom. The predicted molar refractivity (Wildman–Crippen MR) is 82.5 cm³/mol. The molecule has 0 bridgehead atoms. The number of carbonyl (C=O) groups excluding carboxylic acids is 1. The highest BCUT2D eigenvalue weighted by atomic mass is 32.2. The number of nitrogens with zero attached hydrogens (tertiary/aromatic N) is 2. The van der Waals surface area contributed by atoms with Crippen LogP contribution in [0.1, 0.15) is 18.4 Å². The molecule has 1 aromatic heterocycles. The predicted octanol–water partition coefficient (Wildman–Crippen LogP) is 0.410. The monoisotopic (exact) mass is 323 g/mol. The summed E-state index contributed by atoms with van der Waals surface area (Å²) in [5.41, 5.74) is 0.884. The Bertz CT molecular complexity index is 643. The molecule has 1 aliphatic heterocycles. The highest BCUT2D eigenvalue weighted by molar-refractivity contribution is 7.88. The van der Waals surface area contributed by atoms with E-state index in [1.165, 1.54) is 6.26 Å². The fourth-order valence-electron chi connectivity index (χ4n) is 3.22. The van der Waals surface area contributed by atoms with E-state index in [9.17, 15) is 13.2 Å². The highest BCUT2D eigenvalue weighted by Crippen LogP contribution is 2.41. The molecule has 0 radical (unpaired) electrons. The summed E-state index contributed by atoms with van der Waals surface area (Å²) in [4.78, 5) is 18.2. The number of amides is 1. The first-order chi connectivity index (χ1) is 10.4. The molecular formula is C15H21N3O3S. The summed E-state index contributed by atoms with van der Waals surface area (Å²) in [6.45, 7) is 1.12. The Morgan fingerprint density at radius 3 is 2.77 bits per heavy atom. The fourth-order valence-corrected chi connectivity index (χ4v) is 4.02. The van der Waals surface area contributed by atoms with Crippen molar-refractivity contribution >= 4 is 15.9 Å². The van der Waals surface area contributed by atoms with E-state index in [1.807, 2.05) is 12.1 Å². The Morgan fingerprint density at radius 2 is 2.18 bits per heavy atom.